The lowest BCUT2D eigenvalue weighted by Crippen LogP contribution is -2.43. The average molecular weight is 813 g/mol. The van der Waals surface area contributed by atoms with Crippen molar-refractivity contribution in [1.82, 2.24) is 15.6 Å². The van der Waals surface area contributed by atoms with Crippen molar-refractivity contribution in [3.05, 3.63) is 87.6 Å². The van der Waals surface area contributed by atoms with E-state index >= 15 is 0 Å². The number of methoxy groups -OCH3 is 1. The van der Waals surface area contributed by atoms with Gasteiger partial charge in [-0.05, 0) is 110 Å². The minimum Gasteiger partial charge on any atom is -0.508 e. The number of nitrogens with zero attached hydrogens (tertiary/aromatic N) is 1. The summed E-state index contributed by atoms with van der Waals surface area (Å²) in [6.45, 7) is 2.73. The van der Waals surface area contributed by atoms with Gasteiger partial charge in [-0.25, -0.2) is 4.98 Å². The molecule has 4 aromatic rings. The van der Waals surface area contributed by atoms with Gasteiger partial charge >= 0.3 is 5.97 Å². The van der Waals surface area contributed by atoms with Crippen LogP contribution in [0, 0.1) is 17.8 Å². The Balaban J connectivity index is 1.21. The maximum Gasteiger partial charge on any atom is 0.302 e. The number of hydrogen-bond acceptors (Lipinski definition) is 11. The zero-order valence-electron chi connectivity index (χ0n) is 34.9. The zero-order chi connectivity index (χ0) is 41.5. The smallest absolute Gasteiger partial charge is 0.302 e. The number of phenolic OH excluding ortho intramolecular Hbond substituents is 2. The molecule has 2 fully saturated rings. The number of carbonyl (C=O) groups is 1. The number of pyridine rings is 1. The van der Waals surface area contributed by atoms with Crippen LogP contribution in [0.4, 0.5) is 5.82 Å². The molecule has 11 heteroatoms. The summed E-state index contributed by atoms with van der Waals surface area (Å²) in [5.74, 6) is 8.70. The standard InChI is InChI=1S/C49H56N4O7/c1-28(54)58-27-39-36-13-14-37-45-32(19-34(55)21-43(45)57-3)24-49-17-16-29(23-49)18-31-12-15-44(50)53-40(31)11-7-8-30-20-41(56)42(22-38(30)47(39)60-48(36)46(37)49)59-35(25-51-2)26-52-33-9-5-4-6-10-33/h12-15,19-22,29,33,35,39,47,51-52,55-56H,4-6,8-10,16-18,23-27H2,1-3H3,(H2,50,53). The van der Waals surface area contributed by atoms with Crippen molar-refractivity contribution in [1.29, 1.82) is 0 Å². The molecule has 3 aromatic carbocycles. The summed E-state index contributed by atoms with van der Waals surface area (Å²) >= 11 is 0. The molecule has 5 unspecified atom stereocenters. The Bertz CT molecular complexity index is 2360. The topological polar surface area (TPSA) is 157 Å². The van der Waals surface area contributed by atoms with E-state index in [4.69, 9.17) is 29.7 Å². The highest BCUT2D eigenvalue weighted by Crippen LogP contribution is 2.62. The van der Waals surface area contributed by atoms with Crippen molar-refractivity contribution in [3.8, 4) is 51.7 Å². The van der Waals surface area contributed by atoms with Crippen LogP contribution in [0.1, 0.15) is 109 Å². The first kappa shape index (κ1) is 40.0. The van der Waals surface area contributed by atoms with E-state index in [1.807, 2.05) is 25.2 Å². The van der Waals surface area contributed by atoms with E-state index < -0.39 is 6.10 Å². The van der Waals surface area contributed by atoms with Crippen LogP contribution in [0.15, 0.2) is 48.5 Å². The highest BCUT2D eigenvalue weighted by molar-refractivity contribution is 5.84. The van der Waals surface area contributed by atoms with Crippen LogP contribution < -0.4 is 30.6 Å². The van der Waals surface area contributed by atoms with Gasteiger partial charge in [-0.1, -0.05) is 43.4 Å². The first-order chi connectivity index (χ1) is 29.1. The van der Waals surface area contributed by atoms with Crippen molar-refractivity contribution in [2.45, 2.75) is 107 Å². The number of nitrogens with two attached hydrogens (primary N) is 1. The van der Waals surface area contributed by atoms with Gasteiger partial charge < -0.3 is 45.5 Å². The normalized spacial score (nSPS) is 23.0. The zero-order valence-corrected chi connectivity index (χ0v) is 34.9. The monoisotopic (exact) mass is 812 g/mol. The van der Waals surface area contributed by atoms with Gasteiger partial charge in [0.15, 0.2) is 11.5 Å². The molecule has 9 rings (SSSR count). The third-order valence-corrected chi connectivity index (χ3v) is 13.6. The third-order valence-electron chi connectivity index (χ3n) is 13.6. The third kappa shape index (κ3) is 7.60. The Morgan fingerprint density at radius 1 is 1.02 bits per heavy atom. The molecular weight excluding hydrogens is 757 g/mol. The van der Waals surface area contributed by atoms with Crippen molar-refractivity contribution < 1.29 is 34.0 Å². The molecule has 5 atom stereocenters. The number of anilines is 1. The van der Waals surface area contributed by atoms with Crippen LogP contribution in [0.25, 0.3) is 11.1 Å². The molecular formula is C49H56N4O7. The number of hydrogen-bond donors (Lipinski definition) is 5. The second-order valence-electron chi connectivity index (χ2n) is 17.6. The van der Waals surface area contributed by atoms with Crippen molar-refractivity contribution in [3.63, 3.8) is 0 Å². The largest absolute Gasteiger partial charge is 0.508 e. The lowest BCUT2D eigenvalue weighted by Gasteiger charge is -2.39. The summed E-state index contributed by atoms with van der Waals surface area (Å²) in [5.41, 5.74) is 14.4. The quantitative estimate of drug-likeness (QED) is 0.0818. The molecule has 5 aliphatic rings. The average Bonchev–Trinajstić information content (AvgIpc) is 3.81. The Kier molecular flexibility index (Phi) is 11.0. The number of fused-ring (bicyclic) bond motifs is 7. The van der Waals surface area contributed by atoms with Gasteiger partial charge in [-0.15, -0.1) is 0 Å². The first-order valence-electron chi connectivity index (χ1n) is 21.7. The van der Waals surface area contributed by atoms with E-state index in [0.29, 0.717) is 54.5 Å². The number of esters is 1. The lowest BCUT2D eigenvalue weighted by molar-refractivity contribution is -0.141. The number of phenols is 2. The van der Waals surface area contributed by atoms with E-state index in [-0.39, 0.29) is 47.9 Å². The molecule has 0 saturated heterocycles. The van der Waals surface area contributed by atoms with E-state index in [9.17, 15) is 15.0 Å². The molecule has 1 aromatic heterocycles. The molecule has 314 valence electrons. The van der Waals surface area contributed by atoms with Crippen LogP contribution in [-0.2, 0) is 34.2 Å². The summed E-state index contributed by atoms with van der Waals surface area (Å²) < 4.78 is 25.8. The van der Waals surface area contributed by atoms with Crippen LogP contribution in [0.5, 0.6) is 28.7 Å². The predicted octanol–water partition coefficient (Wildman–Crippen LogP) is 7.16. The number of aromatic nitrogens is 1. The summed E-state index contributed by atoms with van der Waals surface area (Å²) in [7, 11) is 3.54. The van der Waals surface area contributed by atoms with Gasteiger partial charge in [0.2, 0.25) is 0 Å². The number of nitrogen functional groups attached to an aromatic ring is 1. The highest BCUT2D eigenvalue weighted by Gasteiger charge is 2.51. The Morgan fingerprint density at radius 3 is 2.67 bits per heavy atom. The van der Waals surface area contributed by atoms with Crippen LogP contribution >= 0.6 is 0 Å². The molecule has 2 saturated carbocycles. The van der Waals surface area contributed by atoms with E-state index in [1.165, 1.54) is 26.2 Å². The molecule has 11 nitrogen and oxygen atoms in total. The lowest BCUT2D eigenvalue weighted by atomic mass is 9.65. The van der Waals surface area contributed by atoms with Crippen LogP contribution in [0.3, 0.4) is 0 Å². The minimum absolute atomic E-state index is 0.0163. The van der Waals surface area contributed by atoms with Gasteiger partial charge in [-0.2, -0.15) is 0 Å². The number of benzene rings is 3. The molecule has 0 amide bonds. The van der Waals surface area contributed by atoms with Crippen molar-refractivity contribution >= 4 is 11.8 Å². The predicted molar refractivity (Wildman–Crippen MR) is 230 cm³/mol. The molecule has 2 aliphatic heterocycles. The van der Waals surface area contributed by atoms with Crippen LogP contribution in [-0.4, -0.2) is 67.2 Å². The Morgan fingerprint density at radius 2 is 1.87 bits per heavy atom. The van der Waals surface area contributed by atoms with Gasteiger partial charge in [0, 0.05) is 66.2 Å². The number of likely N-dealkylation sites (N-methyl/N-ethyl adjacent to an activating group) is 1. The fourth-order valence-electron chi connectivity index (χ4n) is 10.9. The van der Waals surface area contributed by atoms with Gasteiger partial charge in [0.25, 0.3) is 0 Å². The molecule has 3 heterocycles. The molecule has 6 N–H and O–H groups in total. The maximum atomic E-state index is 12.5. The van der Waals surface area contributed by atoms with E-state index in [2.05, 4.69) is 40.7 Å². The Hall–Kier alpha value is -5.44. The summed E-state index contributed by atoms with van der Waals surface area (Å²) in [6, 6.07) is 15.9. The number of nitrogens with one attached hydrogen (secondary N) is 2. The fraction of sp³-hybridized carbons (Fsp3) is 0.469. The van der Waals surface area contributed by atoms with Gasteiger partial charge in [0.1, 0.15) is 47.6 Å². The summed E-state index contributed by atoms with van der Waals surface area (Å²) in [6.07, 6.45) is 9.75. The second kappa shape index (κ2) is 16.5. The molecule has 60 heavy (non-hydrogen) atoms. The number of carbonyl (C=O) groups excluding carboxylic acids is 1. The summed E-state index contributed by atoms with van der Waals surface area (Å²) in [5, 5.41) is 29.6. The second-order valence-corrected chi connectivity index (χ2v) is 17.6. The fourth-order valence-corrected chi connectivity index (χ4v) is 10.9. The number of ether oxygens (including phenoxy) is 4. The minimum atomic E-state index is -0.600. The van der Waals surface area contributed by atoms with Crippen LogP contribution in [0.2, 0.25) is 0 Å². The Labute approximate surface area is 352 Å². The summed E-state index contributed by atoms with van der Waals surface area (Å²) in [4.78, 5) is 17.2. The number of aromatic hydroxyl groups is 2. The first-order valence-corrected chi connectivity index (χ1v) is 21.7. The van der Waals surface area contributed by atoms with E-state index in [0.717, 1.165) is 88.8 Å². The van der Waals surface area contributed by atoms with Crippen molar-refractivity contribution in [2.24, 2.45) is 5.92 Å². The maximum absolute atomic E-state index is 12.5. The van der Waals surface area contributed by atoms with Gasteiger partial charge in [-0.3, -0.25) is 4.79 Å². The van der Waals surface area contributed by atoms with E-state index in [1.54, 1.807) is 19.2 Å². The molecule has 1 spiro atoms. The molecule has 4 bridgehead atoms. The molecule has 0 radical (unpaired) electrons. The number of rotatable bonds is 10. The van der Waals surface area contributed by atoms with Crippen molar-refractivity contribution in [2.75, 3.05) is 39.6 Å². The molecule has 3 aliphatic carbocycles. The SMILES string of the molecule is CNCC(CNC1CCCCC1)Oc1cc2c(cc1O)CC#Cc1nc(N)ccc1CC1CCC3(Cc4cc(O)cc(OC)c4-c4ccc5c(c43)OC2C5COC(C)=O)C1. The van der Waals surface area contributed by atoms with Gasteiger partial charge in [0.05, 0.1) is 13.0 Å². The highest BCUT2D eigenvalue weighted by atomic mass is 16.5.